The molecule has 0 spiro atoms. The number of nitrogens with one attached hydrogen (secondary N) is 1. The van der Waals surface area contributed by atoms with Gasteiger partial charge in [0.25, 0.3) is 0 Å². The van der Waals surface area contributed by atoms with E-state index in [1.807, 2.05) is 75.4 Å². The second-order valence-corrected chi connectivity index (χ2v) is 11.9. The fraction of sp³-hybridized carbons (Fsp3) is 0.355. The summed E-state index contributed by atoms with van der Waals surface area (Å²) in [6.45, 7) is 5.30. The van der Waals surface area contributed by atoms with Crippen LogP contribution < -0.4 is 14.4 Å². The van der Waals surface area contributed by atoms with E-state index in [2.05, 4.69) is 5.32 Å². The maximum Gasteiger partial charge on any atom is 0.244 e. The molecule has 0 aliphatic heterocycles. The molecule has 3 aromatic carbocycles. The molecule has 0 fully saturated rings. The normalized spacial score (nSPS) is 12.1. The van der Waals surface area contributed by atoms with Crippen molar-refractivity contribution in [2.75, 3.05) is 24.2 Å². The van der Waals surface area contributed by atoms with Gasteiger partial charge in [-0.1, -0.05) is 67.6 Å². The van der Waals surface area contributed by atoms with Crippen molar-refractivity contribution in [1.82, 2.24) is 10.2 Å². The second kappa shape index (κ2) is 14.0. The highest BCUT2D eigenvalue weighted by molar-refractivity contribution is 7.92. The Morgan fingerprint density at radius 2 is 1.57 bits per heavy atom. The zero-order chi connectivity index (χ0) is 29.3. The van der Waals surface area contributed by atoms with Gasteiger partial charge in [0.05, 0.1) is 19.1 Å². The number of nitrogens with zero attached hydrogens (tertiary/aromatic N) is 2. The number of benzene rings is 3. The topological polar surface area (TPSA) is 96.0 Å². The minimum Gasteiger partial charge on any atom is -0.497 e. The van der Waals surface area contributed by atoms with Crippen LogP contribution in [0.4, 0.5) is 5.69 Å². The van der Waals surface area contributed by atoms with E-state index in [-0.39, 0.29) is 24.9 Å². The molecule has 0 unspecified atom stereocenters. The molecule has 9 heteroatoms. The molecule has 1 N–H and O–H groups in total. The molecule has 214 valence electrons. The molecule has 0 heterocycles. The molecular formula is C31H39N3O5S. The highest BCUT2D eigenvalue weighted by Crippen LogP contribution is 2.25. The van der Waals surface area contributed by atoms with Crippen molar-refractivity contribution in [2.24, 2.45) is 0 Å². The maximum atomic E-state index is 14.2. The first-order valence-electron chi connectivity index (χ1n) is 13.4. The van der Waals surface area contributed by atoms with Crippen LogP contribution in [0, 0.1) is 0 Å². The molecule has 0 radical (unpaired) electrons. The summed E-state index contributed by atoms with van der Waals surface area (Å²) in [7, 11) is -2.26. The number of hydrogen-bond donors (Lipinski definition) is 1. The summed E-state index contributed by atoms with van der Waals surface area (Å²) in [4.78, 5) is 29.2. The molecule has 0 bridgehead atoms. The third kappa shape index (κ3) is 8.32. The fourth-order valence-electron chi connectivity index (χ4n) is 4.55. The van der Waals surface area contributed by atoms with E-state index in [1.54, 1.807) is 31.4 Å². The summed E-state index contributed by atoms with van der Waals surface area (Å²) >= 11 is 0. The molecule has 0 saturated heterocycles. The highest BCUT2D eigenvalue weighted by Gasteiger charge is 2.33. The van der Waals surface area contributed by atoms with Crippen LogP contribution in [0.5, 0.6) is 5.75 Å². The molecular weight excluding hydrogens is 526 g/mol. The lowest BCUT2D eigenvalue weighted by Crippen LogP contribution is -2.54. The van der Waals surface area contributed by atoms with Crippen LogP contribution in [-0.2, 0) is 39.0 Å². The van der Waals surface area contributed by atoms with Gasteiger partial charge in [-0.3, -0.25) is 13.9 Å². The molecule has 0 aliphatic rings. The van der Waals surface area contributed by atoms with E-state index in [0.29, 0.717) is 17.9 Å². The van der Waals surface area contributed by atoms with Crippen LogP contribution in [0.15, 0.2) is 78.9 Å². The van der Waals surface area contributed by atoms with E-state index in [4.69, 9.17) is 4.74 Å². The predicted molar refractivity (Wildman–Crippen MR) is 159 cm³/mol. The predicted octanol–water partition coefficient (Wildman–Crippen LogP) is 4.19. The van der Waals surface area contributed by atoms with Gasteiger partial charge in [0.1, 0.15) is 18.3 Å². The minimum atomic E-state index is -3.82. The number of anilines is 1. The van der Waals surface area contributed by atoms with Gasteiger partial charge in [-0.25, -0.2) is 8.42 Å². The Kier molecular flexibility index (Phi) is 10.7. The molecule has 0 saturated carbocycles. The number of sulfonamides is 1. The van der Waals surface area contributed by atoms with Crippen molar-refractivity contribution < 1.29 is 22.7 Å². The van der Waals surface area contributed by atoms with Gasteiger partial charge in [-0.05, 0) is 55.2 Å². The molecule has 0 aliphatic carbocycles. The lowest BCUT2D eigenvalue weighted by molar-refractivity contribution is -0.140. The quantitative estimate of drug-likeness (QED) is 0.335. The standard InChI is InChI=1S/C31H39N3O5S/c1-6-26-16-10-11-18-28(26)34(40(5,37)38)22-30(35)33(21-25-15-12-17-27(19-25)39-4)29(31(36)32-23(2)3)20-24-13-8-7-9-14-24/h7-19,23,29H,6,20-22H2,1-5H3,(H,32,36)/t29-/m1/s1. The molecule has 1 atom stereocenters. The number of aryl methyl sites for hydroxylation is 1. The maximum absolute atomic E-state index is 14.2. The van der Waals surface area contributed by atoms with Gasteiger partial charge in [-0.15, -0.1) is 0 Å². The lowest BCUT2D eigenvalue weighted by atomic mass is 10.0. The molecule has 40 heavy (non-hydrogen) atoms. The van der Waals surface area contributed by atoms with Gasteiger partial charge in [0.2, 0.25) is 21.8 Å². The van der Waals surface area contributed by atoms with E-state index in [9.17, 15) is 18.0 Å². The SMILES string of the molecule is CCc1ccccc1N(CC(=O)N(Cc1cccc(OC)c1)[C@H](Cc1ccccc1)C(=O)NC(C)C)S(C)(=O)=O. The molecule has 2 amide bonds. The number of ether oxygens (including phenoxy) is 1. The summed E-state index contributed by atoms with van der Waals surface area (Å²) in [6.07, 6.45) is 1.95. The van der Waals surface area contributed by atoms with Crippen LogP contribution in [0.2, 0.25) is 0 Å². The van der Waals surface area contributed by atoms with Gasteiger partial charge in [-0.2, -0.15) is 0 Å². The van der Waals surface area contributed by atoms with E-state index < -0.39 is 28.5 Å². The van der Waals surface area contributed by atoms with Crippen LogP contribution in [0.3, 0.4) is 0 Å². The van der Waals surface area contributed by atoms with Crippen LogP contribution in [-0.4, -0.2) is 57.1 Å². The summed E-state index contributed by atoms with van der Waals surface area (Å²) < 4.78 is 32.5. The van der Waals surface area contributed by atoms with Gasteiger partial charge < -0.3 is 15.0 Å². The van der Waals surface area contributed by atoms with Crippen LogP contribution >= 0.6 is 0 Å². The molecule has 8 nitrogen and oxygen atoms in total. The Bertz CT molecular complexity index is 1390. The monoisotopic (exact) mass is 565 g/mol. The third-order valence-electron chi connectivity index (χ3n) is 6.51. The average Bonchev–Trinajstić information content (AvgIpc) is 2.93. The molecule has 3 rings (SSSR count). The average molecular weight is 566 g/mol. The number of para-hydroxylation sites is 1. The third-order valence-corrected chi connectivity index (χ3v) is 7.64. The number of rotatable bonds is 13. The highest BCUT2D eigenvalue weighted by atomic mass is 32.2. The number of carbonyl (C=O) groups is 2. The second-order valence-electron chi connectivity index (χ2n) is 9.99. The largest absolute Gasteiger partial charge is 0.497 e. The molecule has 0 aromatic heterocycles. The summed E-state index contributed by atoms with van der Waals surface area (Å²) in [5, 5.41) is 2.95. The summed E-state index contributed by atoms with van der Waals surface area (Å²) in [5.41, 5.74) is 2.89. The van der Waals surface area contributed by atoms with Gasteiger partial charge >= 0.3 is 0 Å². The first-order chi connectivity index (χ1) is 19.0. The smallest absolute Gasteiger partial charge is 0.244 e. The minimum absolute atomic E-state index is 0.0894. The van der Waals surface area contributed by atoms with Crippen molar-refractivity contribution >= 4 is 27.5 Å². The van der Waals surface area contributed by atoms with Crippen LogP contribution in [0.25, 0.3) is 0 Å². The van der Waals surface area contributed by atoms with E-state index >= 15 is 0 Å². The zero-order valence-electron chi connectivity index (χ0n) is 23.8. The van der Waals surface area contributed by atoms with Crippen molar-refractivity contribution in [1.29, 1.82) is 0 Å². The van der Waals surface area contributed by atoms with Crippen molar-refractivity contribution in [3.63, 3.8) is 0 Å². The summed E-state index contributed by atoms with van der Waals surface area (Å²) in [5.74, 6) is -0.181. The number of carbonyl (C=O) groups excluding carboxylic acids is 2. The Morgan fingerprint density at radius 1 is 0.925 bits per heavy atom. The zero-order valence-corrected chi connectivity index (χ0v) is 24.6. The van der Waals surface area contributed by atoms with Crippen LogP contribution in [0.1, 0.15) is 37.5 Å². The van der Waals surface area contributed by atoms with Gasteiger partial charge in [0.15, 0.2) is 0 Å². The van der Waals surface area contributed by atoms with Crippen molar-refractivity contribution in [3.05, 3.63) is 95.6 Å². The Hall–Kier alpha value is -3.85. The fourth-order valence-corrected chi connectivity index (χ4v) is 5.43. The Labute approximate surface area is 238 Å². The number of hydrogen-bond acceptors (Lipinski definition) is 5. The number of methoxy groups -OCH3 is 1. The first kappa shape index (κ1) is 30.7. The van der Waals surface area contributed by atoms with E-state index in [0.717, 1.165) is 27.3 Å². The number of amides is 2. The Balaban J connectivity index is 2.09. The van der Waals surface area contributed by atoms with Gasteiger partial charge in [0, 0.05) is 19.0 Å². The first-order valence-corrected chi connectivity index (χ1v) is 15.2. The lowest BCUT2D eigenvalue weighted by Gasteiger charge is -2.34. The Morgan fingerprint density at radius 3 is 2.20 bits per heavy atom. The van der Waals surface area contributed by atoms with E-state index in [1.165, 1.54) is 4.90 Å². The summed E-state index contributed by atoms with van der Waals surface area (Å²) in [6, 6.07) is 22.8. The van der Waals surface area contributed by atoms with Crippen molar-refractivity contribution in [3.8, 4) is 5.75 Å². The molecule has 3 aromatic rings. The van der Waals surface area contributed by atoms with Crippen molar-refractivity contribution in [2.45, 2.75) is 52.2 Å².